The summed E-state index contributed by atoms with van der Waals surface area (Å²) in [5, 5.41) is 7.48. The first-order valence-corrected chi connectivity index (χ1v) is 8.80. The molecule has 1 aliphatic heterocycles. The van der Waals surface area contributed by atoms with Gasteiger partial charge in [0.15, 0.2) is 0 Å². The summed E-state index contributed by atoms with van der Waals surface area (Å²) in [7, 11) is 0. The molecule has 134 valence electrons. The Balaban J connectivity index is 1.71. The van der Waals surface area contributed by atoms with E-state index in [2.05, 4.69) is 24.3 Å². The Morgan fingerprint density at radius 3 is 2.48 bits per heavy atom. The molecule has 0 unspecified atom stereocenters. The minimum absolute atomic E-state index is 0.0990. The number of benzene rings is 1. The molecule has 2 aromatic rings. The van der Waals surface area contributed by atoms with Crippen LogP contribution in [0, 0.1) is 0 Å². The number of para-hydroxylation sites is 1. The molecule has 1 aliphatic rings. The third-order valence-electron chi connectivity index (χ3n) is 4.20. The van der Waals surface area contributed by atoms with Crippen molar-refractivity contribution >= 4 is 11.7 Å². The molecule has 0 bridgehead atoms. The van der Waals surface area contributed by atoms with E-state index >= 15 is 0 Å². The second kappa shape index (κ2) is 7.27. The fourth-order valence-corrected chi connectivity index (χ4v) is 3.05. The van der Waals surface area contributed by atoms with Gasteiger partial charge in [-0.15, -0.1) is 0 Å². The molecule has 0 spiro atoms. The van der Waals surface area contributed by atoms with Crippen LogP contribution in [0.2, 0.25) is 0 Å². The van der Waals surface area contributed by atoms with Crippen LogP contribution in [0.5, 0.6) is 0 Å². The van der Waals surface area contributed by atoms with Crippen molar-refractivity contribution in [1.29, 1.82) is 0 Å². The van der Waals surface area contributed by atoms with Crippen molar-refractivity contribution in [2.75, 3.05) is 18.4 Å². The zero-order valence-corrected chi connectivity index (χ0v) is 15.3. The molecule has 1 N–H and O–H groups in total. The topological polar surface area (TPSA) is 59.4 Å². The van der Waals surface area contributed by atoms with E-state index in [1.165, 1.54) is 0 Å². The minimum atomic E-state index is -0.0990. The molecular weight excluding hydrogens is 316 g/mol. The average Bonchev–Trinajstić information content (AvgIpc) is 2.94. The van der Waals surface area contributed by atoms with Gasteiger partial charge in [-0.2, -0.15) is 5.10 Å². The third kappa shape index (κ3) is 3.85. The zero-order chi connectivity index (χ0) is 18.0. The van der Waals surface area contributed by atoms with Crippen LogP contribution >= 0.6 is 0 Å². The van der Waals surface area contributed by atoms with Crippen LogP contribution in [0.1, 0.15) is 39.3 Å². The first-order chi connectivity index (χ1) is 12.0. The first-order valence-electron chi connectivity index (χ1n) is 8.80. The highest BCUT2D eigenvalue weighted by Gasteiger charge is 2.32. The molecule has 25 heavy (non-hydrogen) atoms. The highest BCUT2D eigenvalue weighted by molar-refractivity contribution is 5.90. The minimum Gasteiger partial charge on any atom is -0.372 e. The number of amides is 2. The maximum atomic E-state index is 12.5. The summed E-state index contributed by atoms with van der Waals surface area (Å²) in [5.41, 5.74) is 2.74. The Bertz CT molecular complexity index is 718. The number of carbonyl (C=O) groups is 1. The summed E-state index contributed by atoms with van der Waals surface area (Å²) in [5.74, 6) is 0.228. The Morgan fingerprint density at radius 2 is 1.88 bits per heavy atom. The average molecular weight is 342 g/mol. The van der Waals surface area contributed by atoms with Gasteiger partial charge < -0.3 is 15.0 Å². The number of anilines is 1. The Hall–Kier alpha value is -2.34. The maximum absolute atomic E-state index is 12.5. The summed E-state index contributed by atoms with van der Waals surface area (Å²) in [6.07, 6.45) is 2.05. The number of aromatic nitrogens is 2. The normalized spacial score (nSPS) is 14.9. The molecule has 0 saturated carbocycles. The van der Waals surface area contributed by atoms with E-state index in [9.17, 15) is 4.79 Å². The fraction of sp³-hybridized carbons (Fsp3) is 0.474. The Kier molecular flexibility index (Phi) is 5.08. The summed E-state index contributed by atoms with van der Waals surface area (Å²) < 4.78 is 7.59. The molecule has 1 aromatic heterocycles. The number of ether oxygens (including phenoxy) is 1. The molecular formula is C19H26N4O2. The van der Waals surface area contributed by atoms with E-state index in [1.54, 1.807) is 11.1 Å². The summed E-state index contributed by atoms with van der Waals surface area (Å²) >= 11 is 0. The molecule has 0 atom stereocenters. The standard InChI is InChI=1S/C19H26N4O2/c1-13(2)18-17(10-20-23(18)15-8-6-5-7-9-15)21-19(24)22-11-16(12-22)25-14(3)4/h5-10,13-14,16H,11-12H2,1-4H3,(H,21,24). The number of urea groups is 1. The monoisotopic (exact) mass is 342 g/mol. The SMILES string of the molecule is CC(C)OC1CN(C(=O)Nc2cnn(-c3ccccc3)c2C(C)C)C1. The van der Waals surface area contributed by atoms with Gasteiger partial charge in [-0.25, -0.2) is 9.48 Å². The molecule has 0 aliphatic carbocycles. The zero-order valence-electron chi connectivity index (χ0n) is 15.3. The number of rotatable bonds is 5. The fourth-order valence-electron chi connectivity index (χ4n) is 3.05. The lowest BCUT2D eigenvalue weighted by Crippen LogP contribution is -2.56. The van der Waals surface area contributed by atoms with Gasteiger partial charge in [0.05, 0.1) is 48.6 Å². The predicted molar refractivity (Wildman–Crippen MR) is 98.3 cm³/mol. The number of hydrogen-bond donors (Lipinski definition) is 1. The Morgan fingerprint density at radius 1 is 1.20 bits per heavy atom. The lowest BCUT2D eigenvalue weighted by Gasteiger charge is -2.39. The number of hydrogen-bond acceptors (Lipinski definition) is 3. The molecule has 1 saturated heterocycles. The molecule has 1 fully saturated rings. The van der Waals surface area contributed by atoms with Crippen LogP contribution < -0.4 is 5.32 Å². The van der Waals surface area contributed by atoms with Crippen LogP contribution in [-0.4, -0.2) is 46.0 Å². The van der Waals surface area contributed by atoms with Gasteiger partial charge in [-0.05, 0) is 31.9 Å². The number of carbonyl (C=O) groups excluding carboxylic acids is 1. The highest BCUT2D eigenvalue weighted by Crippen LogP contribution is 2.27. The van der Waals surface area contributed by atoms with E-state index in [0.29, 0.717) is 13.1 Å². The van der Waals surface area contributed by atoms with Crippen molar-refractivity contribution in [2.45, 2.75) is 45.8 Å². The second-order valence-corrected chi connectivity index (χ2v) is 6.99. The van der Waals surface area contributed by atoms with E-state index in [-0.39, 0.29) is 24.2 Å². The van der Waals surface area contributed by atoms with Crippen LogP contribution in [-0.2, 0) is 4.74 Å². The van der Waals surface area contributed by atoms with Crippen molar-refractivity contribution < 1.29 is 9.53 Å². The Labute approximate surface area is 148 Å². The largest absolute Gasteiger partial charge is 0.372 e. The van der Waals surface area contributed by atoms with E-state index < -0.39 is 0 Å². The van der Waals surface area contributed by atoms with Gasteiger partial charge in [0.2, 0.25) is 0 Å². The van der Waals surface area contributed by atoms with Crippen LogP contribution in [0.15, 0.2) is 36.5 Å². The van der Waals surface area contributed by atoms with Crippen LogP contribution in [0.4, 0.5) is 10.5 Å². The molecule has 6 heteroatoms. The van der Waals surface area contributed by atoms with Crippen LogP contribution in [0.25, 0.3) is 5.69 Å². The molecule has 2 amide bonds. The highest BCUT2D eigenvalue weighted by atomic mass is 16.5. The van der Waals surface area contributed by atoms with Crippen molar-refractivity contribution in [1.82, 2.24) is 14.7 Å². The molecule has 0 radical (unpaired) electrons. The first kappa shape index (κ1) is 17.5. The lowest BCUT2D eigenvalue weighted by atomic mass is 10.1. The predicted octanol–water partition coefficient (Wildman–Crippen LogP) is 3.64. The van der Waals surface area contributed by atoms with Gasteiger partial charge in [0, 0.05) is 0 Å². The lowest BCUT2D eigenvalue weighted by molar-refractivity contribution is -0.0624. The van der Waals surface area contributed by atoms with Gasteiger partial charge >= 0.3 is 6.03 Å². The van der Waals surface area contributed by atoms with Crippen molar-refractivity contribution in [2.24, 2.45) is 0 Å². The molecule has 1 aromatic carbocycles. The third-order valence-corrected chi connectivity index (χ3v) is 4.20. The van der Waals surface area contributed by atoms with Gasteiger partial charge in [0.25, 0.3) is 0 Å². The van der Waals surface area contributed by atoms with Gasteiger partial charge in [0.1, 0.15) is 0 Å². The summed E-state index contributed by atoms with van der Waals surface area (Å²) in [4.78, 5) is 14.2. The van der Waals surface area contributed by atoms with Crippen LogP contribution in [0.3, 0.4) is 0 Å². The summed E-state index contributed by atoms with van der Waals surface area (Å²) in [6, 6.07) is 9.85. The number of likely N-dealkylation sites (tertiary alicyclic amines) is 1. The molecule has 6 nitrogen and oxygen atoms in total. The van der Waals surface area contributed by atoms with Crippen molar-refractivity contribution in [3.8, 4) is 5.69 Å². The summed E-state index contributed by atoms with van der Waals surface area (Å²) in [6.45, 7) is 9.48. The van der Waals surface area contributed by atoms with Crippen molar-refractivity contribution in [3.05, 3.63) is 42.2 Å². The maximum Gasteiger partial charge on any atom is 0.322 e. The number of nitrogens with zero attached hydrogens (tertiary/aromatic N) is 3. The van der Waals surface area contributed by atoms with E-state index in [0.717, 1.165) is 17.1 Å². The number of nitrogens with one attached hydrogen (secondary N) is 1. The van der Waals surface area contributed by atoms with E-state index in [4.69, 9.17) is 4.74 Å². The smallest absolute Gasteiger partial charge is 0.322 e. The second-order valence-electron chi connectivity index (χ2n) is 6.99. The molecule has 3 rings (SSSR count). The van der Waals surface area contributed by atoms with Crippen molar-refractivity contribution in [3.63, 3.8) is 0 Å². The van der Waals surface area contributed by atoms with Gasteiger partial charge in [-0.3, -0.25) is 0 Å². The molecule has 2 heterocycles. The quantitative estimate of drug-likeness (QED) is 0.902. The van der Waals surface area contributed by atoms with Gasteiger partial charge in [-0.1, -0.05) is 32.0 Å². The van der Waals surface area contributed by atoms with E-state index in [1.807, 2.05) is 48.9 Å².